The summed E-state index contributed by atoms with van der Waals surface area (Å²) < 4.78 is 5.58. The van der Waals surface area contributed by atoms with Gasteiger partial charge in [0.2, 0.25) is 5.95 Å². The number of hydrogen-bond donors (Lipinski definition) is 1. The number of rotatable bonds is 9. The van der Waals surface area contributed by atoms with E-state index in [4.69, 9.17) is 4.74 Å². The summed E-state index contributed by atoms with van der Waals surface area (Å²) >= 11 is 1.61. The lowest BCUT2D eigenvalue weighted by atomic mass is 10.5. The lowest BCUT2D eigenvalue weighted by Gasteiger charge is -2.12. The molecule has 0 saturated carbocycles. The zero-order valence-electron chi connectivity index (χ0n) is 13.0. The van der Waals surface area contributed by atoms with E-state index in [1.54, 1.807) is 11.8 Å². The van der Waals surface area contributed by atoms with Gasteiger partial charge in [-0.1, -0.05) is 18.7 Å². The molecule has 0 spiro atoms. The Balaban J connectivity index is 2.74. The highest BCUT2D eigenvalue weighted by Gasteiger charge is 2.09. The van der Waals surface area contributed by atoms with Crippen molar-refractivity contribution < 1.29 is 4.74 Å². The first-order valence-corrected chi connectivity index (χ1v) is 7.94. The van der Waals surface area contributed by atoms with E-state index >= 15 is 0 Å². The second kappa shape index (κ2) is 8.97. The van der Waals surface area contributed by atoms with Gasteiger partial charge in [0, 0.05) is 18.8 Å². The van der Waals surface area contributed by atoms with Gasteiger partial charge in [-0.3, -0.25) is 0 Å². The molecule has 0 bridgehead atoms. The number of thioether (sulfide) groups is 1. The molecular formula is C13H25N5OS. The Morgan fingerprint density at radius 1 is 1.25 bits per heavy atom. The van der Waals surface area contributed by atoms with Crippen molar-refractivity contribution in [1.29, 1.82) is 0 Å². The van der Waals surface area contributed by atoms with Crippen LogP contribution in [0, 0.1) is 0 Å². The molecule has 0 aromatic carbocycles. The van der Waals surface area contributed by atoms with Crippen LogP contribution in [-0.4, -0.2) is 58.9 Å². The van der Waals surface area contributed by atoms with Crippen LogP contribution >= 0.6 is 11.8 Å². The van der Waals surface area contributed by atoms with Crippen molar-refractivity contribution in [2.75, 3.05) is 38.3 Å². The van der Waals surface area contributed by atoms with Gasteiger partial charge < -0.3 is 15.0 Å². The molecule has 1 heterocycles. The van der Waals surface area contributed by atoms with Crippen molar-refractivity contribution in [1.82, 2.24) is 19.9 Å². The fraction of sp³-hybridized carbons (Fsp3) is 0.769. The Morgan fingerprint density at radius 3 is 2.60 bits per heavy atom. The first kappa shape index (κ1) is 17.0. The third kappa shape index (κ3) is 6.91. The Morgan fingerprint density at radius 2 is 2.00 bits per heavy atom. The van der Waals surface area contributed by atoms with Gasteiger partial charge in [-0.15, -0.1) is 0 Å². The Hall–Kier alpha value is -1.08. The molecule has 7 heteroatoms. The van der Waals surface area contributed by atoms with Gasteiger partial charge in [0.25, 0.3) is 0 Å². The van der Waals surface area contributed by atoms with Crippen molar-refractivity contribution in [2.24, 2.45) is 0 Å². The smallest absolute Gasteiger partial charge is 0.322 e. The summed E-state index contributed by atoms with van der Waals surface area (Å²) in [4.78, 5) is 15.2. The molecule has 20 heavy (non-hydrogen) atoms. The van der Waals surface area contributed by atoms with Crippen molar-refractivity contribution in [3.63, 3.8) is 0 Å². The fourth-order valence-electron chi connectivity index (χ4n) is 1.30. The van der Waals surface area contributed by atoms with Crippen LogP contribution in [0.1, 0.15) is 27.2 Å². The Kier molecular flexibility index (Phi) is 7.61. The standard InChI is InChI=1S/C13H25N5OS/c1-6-7-14-11-15-12(19-10(2)3)17-13(16-11)20-9-8-18(4)5/h10H,6-9H2,1-5H3,(H,14,15,16,17). The summed E-state index contributed by atoms with van der Waals surface area (Å²) in [6, 6.07) is 0.390. The number of aromatic nitrogens is 3. The van der Waals surface area contributed by atoms with Crippen molar-refractivity contribution in [3.8, 4) is 6.01 Å². The van der Waals surface area contributed by atoms with Crippen molar-refractivity contribution >= 4 is 17.7 Å². The molecule has 1 aromatic heterocycles. The van der Waals surface area contributed by atoms with E-state index in [9.17, 15) is 0 Å². The maximum Gasteiger partial charge on any atom is 0.322 e. The second-order valence-corrected chi connectivity index (χ2v) is 6.03. The SMILES string of the molecule is CCCNc1nc(OC(C)C)nc(SCCN(C)C)n1. The van der Waals surface area contributed by atoms with Gasteiger partial charge in [-0.25, -0.2) is 0 Å². The van der Waals surface area contributed by atoms with Crippen molar-refractivity contribution in [3.05, 3.63) is 0 Å². The topological polar surface area (TPSA) is 63.2 Å². The van der Waals surface area contributed by atoms with E-state index in [-0.39, 0.29) is 6.10 Å². The molecule has 0 amide bonds. The average Bonchev–Trinajstić information content (AvgIpc) is 2.35. The van der Waals surface area contributed by atoms with Crippen LogP contribution in [0.5, 0.6) is 6.01 Å². The van der Waals surface area contributed by atoms with Crippen LogP contribution < -0.4 is 10.1 Å². The fourth-order valence-corrected chi connectivity index (χ4v) is 2.23. The lowest BCUT2D eigenvalue weighted by Crippen LogP contribution is -2.15. The molecule has 0 fully saturated rings. The van der Waals surface area contributed by atoms with Crippen molar-refractivity contribution in [2.45, 2.75) is 38.5 Å². The number of hydrogen-bond acceptors (Lipinski definition) is 7. The minimum absolute atomic E-state index is 0.0519. The van der Waals surface area contributed by atoms with Gasteiger partial charge in [0.1, 0.15) is 0 Å². The highest BCUT2D eigenvalue weighted by atomic mass is 32.2. The molecular weight excluding hydrogens is 274 g/mol. The zero-order valence-corrected chi connectivity index (χ0v) is 13.8. The van der Waals surface area contributed by atoms with Gasteiger partial charge >= 0.3 is 6.01 Å². The highest BCUT2D eigenvalue weighted by Crippen LogP contribution is 2.18. The number of nitrogens with one attached hydrogen (secondary N) is 1. The van der Waals surface area contributed by atoms with Crippen LogP contribution in [0.15, 0.2) is 5.16 Å². The van der Waals surface area contributed by atoms with Gasteiger partial charge in [0.05, 0.1) is 6.10 Å². The van der Waals surface area contributed by atoms with E-state index in [1.165, 1.54) is 0 Å². The molecule has 6 nitrogen and oxygen atoms in total. The van der Waals surface area contributed by atoms with E-state index in [1.807, 2.05) is 13.8 Å². The molecule has 0 saturated heterocycles. The minimum atomic E-state index is 0.0519. The van der Waals surface area contributed by atoms with Crippen LogP contribution in [0.25, 0.3) is 0 Å². The Bertz CT molecular complexity index is 400. The zero-order chi connectivity index (χ0) is 15.0. The summed E-state index contributed by atoms with van der Waals surface area (Å²) in [5, 5.41) is 3.89. The van der Waals surface area contributed by atoms with E-state index in [0.717, 1.165) is 25.3 Å². The molecule has 0 radical (unpaired) electrons. The van der Waals surface area contributed by atoms with Crippen LogP contribution in [-0.2, 0) is 0 Å². The van der Waals surface area contributed by atoms with Crippen LogP contribution in [0.4, 0.5) is 5.95 Å². The summed E-state index contributed by atoms with van der Waals surface area (Å²) in [6.45, 7) is 7.84. The number of ether oxygens (including phenoxy) is 1. The predicted molar refractivity (Wildman–Crippen MR) is 83.6 cm³/mol. The number of anilines is 1. The van der Waals surface area contributed by atoms with E-state index in [0.29, 0.717) is 17.1 Å². The number of nitrogens with zero attached hydrogens (tertiary/aromatic N) is 4. The molecule has 0 aliphatic carbocycles. The normalized spacial score (nSPS) is 11.2. The predicted octanol–water partition coefficient (Wildman–Crippen LogP) is 2.13. The van der Waals surface area contributed by atoms with Gasteiger partial charge in [-0.05, 0) is 34.4 Å². The summed E-state index contributed by atoms with van der Waals surface area (Å²) in [5.41, 5.74) is 0. The van der Waals surface area contributed by atoms with Crippen LogP contribution in [0.2, 0.25) is 0 Å². The first-order valence-electron chi connectivity index (χ1n) is 6.95. The third-order valence-electron chi connectivity index (χ3n) is 2.24. The molecule has 0 unspecified atom stereocenters. The van der Waals surface area contributed by atoms with Gasteiger partial charge in [-0.2, -0.15) is 15.0 Å². The monoisotopic (exact) mass is 299 g/mol. The highest BCUT2D eigenvalue weighted by molar-refractivity contribution is 7.99. The largest absolute Gasteiger partial charge is 0.461 e. The first-order chi connectivity index (χ1) is 9.51. The van der Waals surface area contributed by atoms with Crippen LogP contribution in [0.3, 0.4) is 0 Å². The summed E-state index contributed by atoms with van der Waals surface area (Å²) in [7, 11) is 4.10. The maximum atomic E-state index is 5.58. The quantitative estimate of drug-likeness (QED) is 0.701. The lowest BCUT2D eigenvalue weighted by molar-refractivity contribution is 0.219. The molecule has 1 aromatic rings. The molecule has 0 aliphatic heterocycles. The molecule has 1 rings (SSSR count). The Labute approximate surface area is 125 Å². The average molecular weight is 299 g/mol. The van der Waals surface area contributed by atoms with E-state index < -0.39 is 0 Å². The maximum absolute atomic E-state index is 5.58. The molecule has 0 aliphatic rings. The van der Waals surface area contributed by atoms with Gasteiger partial charge in [0.15, 0.2) is 5.16 Å². The third-order valence-corrected chi connectivity index (χ3v) is 3.07. The molecule has 1 N–H and O–H groups in total. The molecule has 114 valence electrons. The summed E-state index contributed by atoms with van der Waals surface area (Å²) in [6.07, 6.45) is 1.07. The molecule has 0 atom stereocenters. The minimum Gasteiger partial charge on any atom is -0.461 e. The summed E-state index contributed by atoms with van der Waals surface area (Å²) in [5.74, 6) is 1.52. The second-order valence-electron chi connectivity index (χ2n) is 4.97. The van der Waals surface area contributed by atoms with E-state index in [2.05, 4.69) is 46.2 Å².